The van der Waals surface area contributed by atoms with Crippen LogP contribution in [0.15, 0.2) is 18.2 Å². The van der Waals surface area contributed by atoms with Gasteiger partial charge in [0.05, 0.1) is 12.7 Å². The maximum atomic E-state index is 5.71. The van der Waals surface area contributed by atoms with E-state index in [-0.39, 0.29) is 0 Å². The Morgan fingerprint density at radius 1 is 1.41 bits per heavy atom. The number of hydrogen-bond donors (Lipinski definition) is 1. The molecule has 6 heteroatoms. The zero-order valence-corrected chi connectivity index (χ0v) is 9.92. The number of aromatic nitrogens is 4. The quantitative estimate of drug-likeness (QED) is 0.806. The predicted molar refractivity (Wildman–Crippen MR) is 64.5 cm³/mol. The molecule has 6 nitrogen and oxygen atoms in total. The van der Waals surface area contributed by atoms with Crippen molar-refractivity contribution in [1.82, 2.24) is 20.2 Å². The minimum Gasteiger partial charge on any atom is -0.496 e. The summed E-state index contributed by atoms with van der Waals surface area (Å²) in [6, 6.07) is 5.44. The topological polar surface area (TPSA) is 78.9 Å². The fourth-order valence-corrected chi connectivity index (χ4v) is 1.65. The Kier molecular flexibility index (Phi) is 3.22. The predicted octanol–water partition coefficient (Wildman–Crippen LogP) is 1.34. The van der Waals surface area contributed by atoms with Crippen molar-refractivity contribution in [2.45, 2.75) is 19.9 Å². The highest BCUT2D eigenvalue weighted by atomic mass is 16.5. The second-order valence-corrected chi connectivity index (χ2v) is 3.69. The van der Waals surface area contributed by atoms with E-state index >= 15 is 0 Å². The van der Waals surface area contributed by atoms with Gasteiger partial charge in [-0.05, 0) is 29.0 Å². The Morgan fingerprint density at radius 3 is 2.94 bits per heavy atom. The van der Waals surface area contributed by atoms with E-state index in [9.17, 15) is 0 Å². The minimum atomic E-state index is 0.653. The molecular formula is C11H15N5O. The van der Waals surface area contributed by atoms with Gasteiger partial charge in [-0.25, -0.2) is 4.68 Å². The van der Waals surface area contributed by atoms with E-state index in [0.29, 0.717) is 17.3 Å². The summed E-state index contributed by atoms with van der Waals surface area (Å²) < 4.78 is 7.05. The molecule has 17 heavy (non-hydrogen) atoms. The summed E-state index contributed by atoms with van der Waals surface area (Å²) in [6.07, 6.45) is 0.968. The lowest BCUT2D eigenvalue weighted by molar-refractivity contribution is 0.416. The summed E-state index contributed by atoms with van der Waals surface area (Å²) >= 11 is 0. The molecule has 0 spiro atoms. The highest BCUT2D eigenvalue weighted by Crippen LogP contribution is 2.29. The maximum absolute atomic E-state index is 5.71. The second kappa shape index (κ2) is 4.82. The fourth-order valence-electron chi connectivity index (χ4n) is 1.65. The van der Waals surface area contributed by atoms with Gasteiger partial charge in [-0.15, -0.1) is 5.10 Å². The third-order valence-electron chi connectivity index (χ3n) is 2.43. The summed E-state index contributed by atoms with van der Waals surface area (Å²) in [5.74, 6) is 1.38. The van der Waals surface area contributed by atoms with Crippen LogP contribution >= 0.6 is 0 Å². The summed E-state index contributed by atoms with van der Waals surface area (Å²) in [5.41, 5.74) is 7.21. The molecular weight excluding hydrogens is 218 g/mol. The van der Waals surface area contributed by atoms with Crippen LogP contribution in [0.5, 0.6) is 5.75 Å². The lowest BCUT2D eigenvalue weighted by atomic mass is 10.1. The van der Waals surface area contributed by atoms with Crippen LogP contribution in [0.4, 0.5) is 5.69 Å². The van der Waals surface area contributed by atoms with Gasteiger partial charge >= 0.3 is 0 Å². The molecule has 1 aromatic heterocycles. The van der Waals surface area contributed by atoms with Crippen molar-refractivity contribution in [3.8, 4) is 17.1 Å². The molecule has 0 unspecified atom stereocenters. The monoisotopic (exact) mass is 233 g/mol. The van der Waals surface area contributed by atoms with E-state index < -0.39 is 0 Å². The van der Waals surface area contributed by atoms with E-state index in [1.54, 1.807) is 17.9 Å². The van der Waals surface area contributed by atoms with Gasteiger partial charge in [0, 0.05) is 18.3 Å². The van der Waals surface area contributed by atoms with Gasteiger partial charge in [-0.1, -0.05) is 6.92 Å². The number of hydrogen-bond acceptors (Lipinski definition) is 5. The average Bonchev–Trinajstić information content (AvgIpc) is 2.77. The number of nitrogen functional groups attached to an aromatic ring is 1. The third kappa shape index (κ3) is 2.20. The summed E-state index contributed by atoms with van der Waals surface area (Å²) in [7, 11) is 1.60. The minimum absolute atomic E-state index is 0.653. The Morgan fingerprint density at radius 2 is 2.24 bits per heavy atom. The van der Waals surface area contributed by atoms with Crippen LogP contribution in [0.3, 0.4) is 0 Å². The Labute approximate surface area is 99.4 Å². The molecule has 0 amide bonds. The molecule has 0 aliphatic carbocycles. The van der Waals surface area contributed by atoms with Crippen LogP contribution in [-0.4, -0.2) is 27.3 Å². The SMILES string of the molecule is CCCn1nnnc1-c1ccc(N)cc1OC. The van der Waals surface area contributed by atoms with Crippen molar-refractivity contribution >= 4 is 5.69 Å². The van der Waals surface area contributed by atoms with Crippen LogP contribution in [0.25, 0.3) is 11.4 Å². The molecule has 0 atom stereocenters. The van der Waals surface area contributed by atoms with Gasteiger partial charge < -0.3 is 10.5 Å². The number of methoxy groups -OCH3 is 1. The molecule has 0 radical (unpaired) electrons. The Bertz CT molecular complexity index is 508. The number of rotatable bonds is 4. The smallest absolute Gasteiger partial charge is 0.185 e. The highest BCUT2D eigenvalue weighted by molar-refractivity contribution is 5.67. The first-order chi connectivity index (χ1) is 8.26. The van der Waals surface area contributed by atoms with Gasteiger partial charge in [0.1, 0.15) is 5.75 Å². The number of tetrazole rings is 1. The molecule has 2 rings (SSSR count). The first-order valence-corrected chi connectivity index (χ1v) is 5.46. The normalized spacial score (nSPS) is 10.5. The zero-order valence-electron chi connectivity index (χ0n) is 9.92. The van der Waals surface area contributed by atoms with Crippen molar-refractivity contribution in [2.75, 3.05) is 12.8 Å². The van der Waals surface area contributed by atoms with Crippen LogP contribution in [0, 0.1) is 0 Å². The lowest BCUT2D eigenvalue weighted by Gasteiger charge is -2.08. The molecule has 2 aromatic rings. The number of aryl methyl sites for hydroxylation is 1. The molecule has 1 heterocycles. The van der Waals surface area contributed by atoms with Crippen LogP contribution in [0.2, 0.25) is 0 Å². The first kappa shape index (κ1) is 11.4. The van der Waals surface area contributed by atoms with Crippen molar-refractivity contribution in [3.63, 3.8) is 0 Å². The Balaban J connectivity index is 2.48. The van der Waals surface area contributed by atoms with E-state index in [1.807, 2.05) is 12.1 Å². The van der Waals surface area contributed by atoms with Crippen molar-refractivity contribution in [1.29, 1.82) is 0 Å². The lowest BCUT2D eigenvalue weighted by Crippen LogP contribution is -2.03. The number of anilines is 1. The summed E-state index contributed by atoms with van der Waals surface area (Å²) in [4.78, 5) is 0. The molecule has 0 aliphatic heterocycles. The summed E-state index contributed by atoms with van der Waals surface area (Å²) in [5, 5.41) is 11.7. The van der Waals surface area contributed by atoms with Gasteiger partial charge in [0.15, 0.2) is 5.82 Å². The van der Waals surface area contributed by atoms with Crippen molar-refractivity contribution in [3.05, 3.63) is 18.2 Å². The van der Waals surface area contributed by atoms with E-state index in [4.69, 9.17) is 10.5 Å². The van der Waals surface area contributed by atoms with E-state index in [1.165, 1.54) is 0 Å². The highest BCUT2D eigenvalue weighted by Gasteiger charge is 2.13. The zero-order chi connectivity index (χ0) is 12.3. The number of nitrogens with two attached hydrogens (primary N) is 1. The van der Waals surface area contributed by atoms with E-state index in [0.717, 1.165) is 18.5 Å². The maximum Gasteiger partial charge on any atom is 0.185 e. The molecule has 1 aromatic carbocycles. The molecule has 0 fully saturated rings. The van der Waals surface area contributed by atoms with Gasteiger partial charge in [-0.3, -0.25) is 0 Å². The fraction of sp³-hybridized carbons (Fsp3) is 0.364. The molecule has 0 bridgehead atoms. The van der Waals surface area contributed by atoms with Gasteiger partial charge in [0.25, 0.3) is 0 Å². The second-order valence-electron chi connectivity index (χ2n) is 3.69. The Hall–Kier alpha value is -2.11. The van der Waals surface area contributed by atoms with Gasteiger partial charge in [-0.2, -0.15) is 0 Å². The van der Waals surface area contributed by atoms with Crippen molar-refractivity contribution in [2.24, 2.45) is 0 Å². The largest absolute Gasteiger partial charge is 0.496 e. The number of benzene rings is 1. The summed E-state index contributed by atoms with van der Waals surface area (Å²) in [6.45, 7) is 2.85. The average molecular weight is 233 g/mol. The molecule has 0 saturated carbocycles. The third-order valence-corrected chi connectivity index (χ3v) is 2.43. The number of nitrogens with zero attached hydrogens (tertiary/aromatic N) is 4. The number of ether oxygens (including phenoxy) is 1. The molecule has 0 aliphatic rings. The standard InChI is InChI=1S/C11H15N5O/c1-3-6-16-11(13-14-15-16)9-5-4-8(12)7-10(9)17-2/h4-5,7H,3,6,12H2,1-2H3. The van der Waals surface area contributed by atoms with Gasteiger partial charge in [0.2, 0.25) is 0 Å². The molecule has 2 N–H and O–H groups in total. The first-order valence-electron chi connectivity index (χ1n) is 5.46. The van der Waals surface area contributed by atoms with Crippen LogP contribution < -0.4 is 10.5 Å². The molecule has 0 saturated heterocycles. The van der Waals surface area contributed by atoms with Crippen LogP contribution in [0.1, 0.15) is 13.3 Å². The van der Waals surface area contributed by atoms with Crippen LogP contribution in [-0.2, 0) is 6.54 Å². The van der Waals surface area contributed by atoms with Crippen molar-refractivity contribution < 1.29 is 4.74 Å². The van der Waals surface area contributed by atoms with E-state index in [2.05, 4.69) is 22.4 Å². The molecule has 90 valence electrons.